The summed E-state index contributed by atoms with van der Waals surface area (Å²) in [6, 6.07) is 8.13. The number of esters is 1. The number of benzene rings is 1. The molecule has 8 heteroatoms. The second-order valence-corrected chi connectivity index (χ2v) is 7.61. The van der Waals surface area contributed by atoms with Gasteiger partial charge in [0.25, 0.3) is 11.8 Å². The van der Waals surface area contributed by atoms with Crippen LogP contribution in [0.2, 0.25) is 0 Å². The first-order valence-corrected chi connectivity index (χ1v) is 9.47. The highest BCUT2D eigenvalue weighted by Gasteiger charge is 2.45. The maximum atomic E-state index is 13.0. The molecule has 0 bridgehead atoms. The number of urea groups is 1. The number of carbonyl (C=O) groups excluding carboxylic acids is 4. The van der Waals surface area contributed by atoms with Gasteiger partial charge in [-0.1, -0.05) is 30.3 Å². The standard InChI is InChI=1S/C20H25N3O5/c1-20(2)18(26)23(19(27)21-20)13-15(24)28-16(14-9-5-3-6-10-14)17(25)22-11-7-4-8-12-22/h3,5-6,9-10,16H,4,7-8,11-13H2,1-2H3,(H,21,27)/t16-/m0/s1. The van der Waals surface area contributed by atoms with Crippen LogP contribution in [0, 0.1) is 0 Å². The van der Waals surface area contributed by atoms with Crippen molar-refractivity contribution in [3.8, 4) is 0 Å². The third kappa shape index (κ3) is 4.16. The van der Waals surface area contributed by atoms with E-state index in [1.165, 1.54) is 0 Å². The Kier molecular flexibility index (Phi) is 5.67. The van der Waals surface area contributed by atoms with E-state index < -0.39 is 36.1 Å². The van der Waals surface area contributed by atoms with E-state index in [0.29, 0.717) is 18.7 Å². The fraction of sp³-hybridized carbons (Fsp3) is 0.500. The van der Waals surface area contributed by atoms with Crippen LogP contribution in [0.3, 0.4) is 0 Å². The van der Waals surface area contributed by atoms with Crippen LogP contribution < -0.4 is 5.32 Å². The minimum Gasteiger partial charge on any atom is -0.446 e. The molecule has 4 amide bonds. The van der Waals surface area contributed by atoms with Crippen LogP contribution in [-0.4, -0.2) is 58.8 Å². The summed E-state index contributed by atoms with van der Waals surface area (Å²) in [6.45, 7) is 3.84. The van der Waals surface area contributed by atoms with E-state index in [-0.39, 0.29) is 5.91 Å². The molecular formula is C20H25N3O5. The van der Waals surface area contributed by atoms with E-state index in [2.05, 4.69) is 5.32 Å². The van der Waals surface area contributed by atoms with Gasteiger partial charge in [-0.3, -0.25) is 19.3 Å². The summed E-state index contributed by atoms with van der Waals surface area (Å²) < 4.78 is 5.47. The second-order valence-electron chi connectivity index (χ2n) is 7.61. The van der Waals surface area contributed by atoms with Crippen LogP contribution in [0.25, 0.3) is 0 Å². The van der Waals surface area contributed by atoms with Gasteiger partial charge in [0.05, 0.1) is 0 Å². The number of hydrogen-bond donors (Lipinski definition) is 1. The Labute approximate surface area is 163 Å². The molecule has 0 aromatic heterocycles. The van der Waals surface area contributed by atoms with Crippen molar-refractivity contribution in [2.75, 3.05) is 19.6 Å². The maximum absolute atomic E-state index is 13.0. The van der Waals surface area contributed by atoms with Gasteiger partial charge < -0.3 is 15.0 Å². The lowest BCUT2D eigenvalue weighted by molar-refractivity contribution is -0.162. The molecule has 3 rings (SSSR count). The summed E-state index contributed by atoms with van der Waals surface area (Å²) >= 11 is 0. The van der Waals surface area contributed by atoms with Crippen molar-refractivity contribution >= 4 is 23.8 Å². The second kappa shape index (κ2) is 8.00. The van der Waals surface area contributed by atoms with Gasteiger partial charge >= 0.3 is 12.0 Å². The Hall–Kier alpha value is -2.90. The summed E-state index contributed by atoms with van der Waals surface area (Å²) in [5.41, 5.74) is -0.510. The van der Waals surface area contributed by atoms with Crippen LogP contribution in [0.5, 0.6) is 0 Å². The van der Waals surface area contributed by atoms with Crippen molar-refractivity contribution in [3.63, 3.8) is 0 Å². The molecule has 1 aromatic rings. The first-order valence-electron chi connectivity index (χ1n) is 9.47. The number of ether oxygens (including phenoxy) is 1. The number of carbonyl (C=O) groups is 4. The molecule has 0 saturated carbocycles. The summed E-state index contributed by atoms with van der Waals surface area (Å²) in [5, 5.41) is 2.51. The quantitative estimate of drug-likeness (QED) is 0.612. The smallest absolute Gasteiger partial charge is 0.327 e. The average molecular weight is 387 g/mol. The lowest BCUT2D eigenvalue weighted by Crippen LogP contribution is -2.43. The zero-order valence-corrected chi connectivity index (χ0v) is 16.1. The zero-order valence-electron chi connectivity index (χ0n) is 16.1. The molecule has 1 atom stereocenters. The highest BCUT2D eigenvalue weighted by atomic mass is 16.5. The lowest BCUT2D eigenvalue weighted by Gasteiger charge is -2.30. The van der Waals surface area contributed by atoms with Gasteiger partial charge in [0.15, 0.2) is 0 Å². The Balaban J connectivity index is 1.74. The fourth-order valence-corrected chi connectivity index (χ4v) is 3.43. The van der Waals surface area contributed by atoms with Gasteiger partial charge in [-0.15, -0.1) is 0 Å². The number of piperidine rings is 1. The van der Waals surface area contributed by atoms with Gasteiger partial charge in [0.1, 0.15) is 12.1 Å². The van der Waals surface area contributed by atoms with Crippen molar-refractivity contribution in [2.24, 2.45) is 0 Å². The molecule has 1 N–H and O–H groups in total. The monoisotopic (exact) mass is 387 g/mol. The van der Waals surface area contributed by atoms with Gasteiger partial charge in [-0.25, -0.2) is 4.79 Å². The van der Waals surface area contributed by atoms with Crippen molar-refractivity contribution in [2.45, 2.75) is 44.8 Å². The first-order chi connectivity index (χ1) is 13.3. The van der Waals surface area contributed by atoms with Crippen molar-refractivity contribution in [1.29, 1.82) is 0 Å². The molecule has 150 valence electrons. The third-order valence-electron chi connectivity index (χ3n) is 4.98. The summed E-state index contributed by atoms with van der Waals surface area (Å²) in [6.07, 6.45) is 1.81. The number of rotatable bonds is 5. The van der Waals surface area contributed by atoms with Crippen molar-refractivity contribution in [3.05, 3.63) is 35.9 Å². The summed E-state index contributed by atoms with van der Waals surface area (Å²) in [4.78, 5) is 52.3. The zero-order chi connectivity index (χ0) is 20.3. The number of likely N-dealkylation sites (tertiary alicyclic amines) is 1. The van der Waals surface area contributed by atoms with E-state index in [9.17, 15) is 19.2 Å². The number of amides is 4. The molecule has 1 aromatic carbocycles. The summed E-state index contributed by atoms with van der Waals surface area (Å²) in [7, 11) is 0. The first kappa shape index (κ1) is 19.9. The average Bonchev–Trinajstić information content (AvgIpc) is 2.88. The predicted octanol–water partition coefficient (Wildman–Crippen LogP) is 1.61. The van der Waals surface area contributed by atoms with Gasteiger partial charge in [0, 0.05) is 18.7 Å². The predicted molar refractivity (Wildman–Crippen MR) is 100 cm³/mol. The molecule has 0 unspecified atom stereocenters. The number of hydrogen-bond acceptors (Lipinski definition) is 5. The number of imide groups is 1. The molecule has 2 fully saturated rings. The van der Waals surface area contributed by atoms with Crippen molar-refractivity contribution in [1.82, 2.24) is 15.1 Å². The number of nitrogens with one attached hydrogen (secondary N) is 1. The van der Waals surface area contributed by atoms with E-state index in [4.69, 9.17) is 4.74 Å². The third-order valence-corrected chi connectivity index (χ3v) is 4.98. The largest absolute Gasteiger partial charge is 0.446 e. The lowest BCUT2D eigenvalue weighted by atomic mass is 10.1. The molecule has 28 heavy (non-hydrogen) atoms. The van der Waals surface area contributed by atoms with Crippen LogP contribution in [-0.2, 0) is 19.1 Å². The Morgan fingerprint density at radius 3 is 2.32 bits per heavy atom. The van der Waals surface area contributed by atoms with Crippen LogP contribution in [0.15, 0.2) is 30.3 Å². The molecule has 2 aliphatic rings. The Bertz CT molecular complexity index is 771. The van der Waals surface area contributed by atoms with E-state index in [1.54, 1.807) is 43.0 Å². The van der Waals surface area contributed by atoms with Gasteiger partial charge in [-0.2, -0.15) is 0 Å². The molecule has 0 radical (unpaired) electrons. The van der Waals surface area contributed by atoms with Crippen LogP contribution in [0.4, 0.5) is 4.79 Å². The Morgan fingerprint density at radius 1 is 1.11 bits per heavy atom. The minimum absolute atomic E-state index is 0.281. The molecule has 8 nitrogen and oxygen atoms in total. The molecular weight excluding hydrogens is 362 g/mol. The highest BCUT2D eigenvalue weighted by molar-refractivity contribution is 6.08. The summed E-state index contributed by atoms with van der Waals surface area (Å²) in [5.74, 6) is -1.59. The van der Waals surface area contributed by atoms with E-state index in [1.807, 2.05) is 6.07 Å². The van der Waals surface area contributed by atoms with Gasteiger partial charge in [0.2, 0.25) is 6.10 Å². The van der Waals surface area contributed by atoms with E-state index in [0.717, 1.165) is 24.2 Å². The van der Waals surface area contributed by atoms with Gasteiger partial charge in [-0.05, 0) is 33.1 Å². The molecule has 0 aliphatic carbocycles. The molecule has 2 saturated heterocycles. The van der Waals surface area contributed by atoms with E-state index >= 15 is 0 Å². The Morgan fingerprint density at radius 2 is 1.75 bits per heavy atom. The molecule has 2 aliphatic heterocycles. The molecule has 2 heterocycles. The topological polar surface area (TPSA) is 96.0 Å². The number of nitrogens with zero attached hydrogens (tertiary/aromatic N) is 2. The fourth-order valence-electron chi connectivity index (χ4n) is 3.43. The van der Waals surface area contributed by atoms with Crippen LogP contribution in [0.1, 0.15) is 44.8 Å². The SMILES string of the molecule is CC1(C)NC(=O)N(CC(=O)O[C@H](C(=O)N2CCCCC2)c2ccccc2)C1=O. The van der Waals surface area contributed by atoms with Crippen molar-refractivity contribution < 1.29 is 23.9 Å². The highest BCUT2D eigenvalue weighted by Crippen LogP contribution is 2.24. The minimum atomic E-state index is -1.10. The molecule has 0 spiro atoms. The van der Waals surface area contributed by atoms with Crippen LogP contribution >= 0.6 is 0 Å². The maximum Gasteiger partial charge on any atom is 0.327 e. The normalized spacial score (nSPS) is 19.9.